The van der Waals surface area contributed by atoms with E-state index in [0.717, 1.165) is 6.42 Å². The summed E-state index contributed by atoms with van der Waals surface area (Å²) in [4.78, 5) is 22.6. The van der Waals surface area contributed by atoms with Gasteiger partial charge in [0.15, 0.2) is 0 Å². The Kier molecular flexibility index (Phi) is 3.71. The molecule has 0 aromatic carbocycles. The smallest absolute Gasteiger partial charge is 0.373 e. The van der Waals surface area contributed by atoms with Gasteiger partial charge in [-0.1, -0.05) is 6.92 Å². The molecule has 0 aromatic rings. The summed E-state index contributed by atoms with van der Waals surface area (Å²) in [5.41, 5.74) is 0.260. The molecule has 0 aliphatic carbocycles. The number of esters is 2. The van der Waals surface area contributed by atoms with Crippen molar-refractivity contribution >= 4 is 11.9 Å². The van der Waals surface area contributed by atoms with Gasteiger partial charge >= 0.3 is 11.9 Å². The second-order valence-corrected chi connectivity index (χ2v) is 3.14. The van der Waals surface area contributed by atoms with Crippen LogP contribution in [0.5, 0.6) is 0 Å². The molecule has 5 nitrogen and oxygen atoms in total. The van der Waals surface area contributed by atoms with Crippen LogP contribution in [0.15, 0.2) is 11.3 Å². The first kappa shape index (κ1) is 11.6. The van der Waals surface area contributed by atoms with Gasteiger partial charge in [-0.15, -0.1) is 0 Å². The van der Waals surface area contributed by atoms with Gasteiger partial charge in [-0.05, 0) is 6.42 Å². The zero-order valence-corrected chi connectivity index (χ0v) is 9.03. The highest BCUT2D eigenvalue weighted by Gasteiger charge is 2.34. The highest BCUT2D eigenvalue weighted by molar-refractivity contribution is 5.99. The van der Waals surface area contributed by atoms with Gasteiger partial charge in [-0.25, -0.2) is 9.59 Å². The average Bonchev–Trinajstić information content (AvgIpc) is 2.70. The van der Waals surface area contributed by atoms with E-state index >= 15 is 0 Å². The van der Waals surface area contributed by atoms with Crippen LogP contribution in [0.25, 0.3) is 0 Å². The molecular formula is C10H14O5. The van der Waals surface area contributed by atoms with E-state index in [-0.39, 0.29) is 17.4 Å². The predicted molar refractivity (Wildman–Crippen MR) is 50.8 cm³/mol. The topological polar surface area (TPSA) is 61.8 Å². The Morgan fingerprint density at radius 1 is 1.33 bits per heavy atom. The zero-order chi connectivity index (χ0) is 11.4. The Morgan fingerprint density at radius 2 is 1.93 bits per heavy atom. The highest BCUT2D eigenvalue weighted by Crippen LogP contribution is 2.28. The van der Waals surface area contributed by atoms with E-state index in [2.05, 4.69) is 9.47 Å². The van der Waals surface area contributed by atoms with E-state index in [1.165, 1.54) is 14.2 Å². The summed E-state index contributed by atoms with van der Waals surface area (Å²) in [6.07, 6.45) is 0.974. The fourth-order valence-corrected chi connectivity index (χ4v) is 1.39. The lowest BCUT2D eigenvalue weighted by Crippen LogP contribution is -2.11. The third kappa shape index (κ3) is 2.29. The number of carbonyl (C=O) groups is 2. The van der Waals surface area contributed by atoms with Crippen molar-refractivity contribution in [3.05, 3.63) is 11.3 Å². The summed E-state index contributed by atoms with van der Waals surface area (Å²) >= 11 is 0. The molecule has 0 spiro atoms. The van der Waals surface area contributed by atoms with Gasteiger partial charge < -0.3 is 14.2 Å². The first-order valence-electron chi connectivity index (χ1n) is 4.70. The number of methoxy groups -OCH3 is 2. The molecule has 0 saturated carbocycles. The standard InChI is InChI=1S/C10H14O5/c1-4-6-5-7(9(11)13-2)8(15-6)10(12)14-3/h6H,4-5H2,1-3H3. The molecule has 0 amide bonds. The second-order valence-electron chi connectivity index (χ2n) is 3.14. The Hall–Kier alpha value is -1.52. The molecule has 1 aliphatic rings. The summed E-state index contributed by atoms with van der Waals surface area (Å²) in [6.45, 7) is 1.92. The fourth-order valence-electron chi connectivity index (χ4n) is 1.39. The maximum absolute atomic E-state index is 11.3. The van der Waals surface area contributed by atoms with Crippen LogP contribution in [0.4, 0.5) is 0 Å². The van der Waals surface area contributed by atoms with E-state index in [0.29, 0.717) is 6.42 Å². The molecule has 1 unspecified atom stereocenters. The molecule has 84 valence electrons. The monoisotopic (exact) mass is 214 g/mol. The molecule has 0 saturated heterocycles. The lowest BCUT2D eigenvalue weighted by atomic mass is 10.1. The SMILES string of the molecule is CCC1CC(C(=O)OC)=C(C(=O)OC)O1. The average molecular weight is 214 g/mol. The lowest BCUT2D eigenvalue weighted by Gasteiger charge is -2.08. The molecule has 1 aliphatic heterocycles. The Bertz CT molecular complexity index is 277. The van der Waals surface area contributed by atoms with Gasteiger partial charge in [0.05, 0.1) is 19.8 Å². The van der Waals surface area contributed by atoms with Gasteiger partial charge in [0.2, 0.25) is 5.76 Å². The molecular weight excluding hydrogens is 200 g/mol. The van der Waals surface area contributed by atoms with Crippen molar-refractivity contribution in [3.63, 3.8) is 0 Å². The first-order valence-corrected chi connectivity index (χ1v) is 4.70. The minimum Gasteiger partial charge on any atom is -0.483 e. The molecule has 5 heteroatoms. The molecule has 15 heavy (non-hydrogen) atoms. The van der Waals surface area contributed by atoms with Crippen LogP contribution in [0.1, 0.15) is 19.8 Å². The van der Waals surface area contributed by atoms with Crippen LogP contribution in [-0.4, -0.2) is 32.3 Å². The molecule has 1 atom stereocenters. The van der Waals surface area contributed by atoms with Gasteiger partial charge in [-0.2, -0.15) is 0 Å². The maximum Gasteiger partial charge on any atom is 0.373 e. The Labute approximate surface area is 88.0 Å². The Balaban J connectivity index is 2.92. The Morgan fingerprint density at radius 3 is 2.40 bits per heavy atom. The number of carbonyl (C=O) groups excluding carboxylic acids is 2. The molecule has 0 fully saturated rings. The number of ether oxygens (including phenoxy) is 3. The van der Waals surface area contributed by atoms with Gasteiger partial charge in [-0.3, -0.25) is 0 Å². The van der Waals surface area contributed by atoms with Crippen LogP contribution >= 0.6 is 0 Å². The van der Waals surface area contributed by atoms with Crippen molar-refractivity contribution < 1.29 is 23.8 Å². The maximum atomic E-state index is 11.3. The predicted octanol–water partition coefficient (Wildman–Crippen LogP) is 0.785. The summed E-state index contributed by atoms with van der Waals surface area (Å²) in [5.74, 6) is -1.19. The minimum atomic E-state index is -0.633. The van der Waals surface area contributed by atoms with Gasteiger partial charge in [0.25, 0.3) is 0 Å². The van der Waals surface area contributed by atoms with Gasteiger partial charge in [0.1, 0.15) is 6.10 Å². The second kappa shape index (κ2) is 4.82. The summed E-state index contributed by atoms with van der Waals surface area (Å²) in [6, 6.07) is 0. The number of hydrogen-bond donors (Lipinski definition) is 0. The molecule has 1 heterocycles. The molecule has 0 radical (unpaired) electrons. The summed E-state index contributed by atoms with van der Waals surface area (Å²) in [7, 11) is 2.51. The van der Waals surface area contributed by atoms with E-state index < -0.39 is 11.9 Å². The van der Waals surface area contributed by atoms with Crippen molar-refractivity contribution in [2.75, 3.05) is 14.2 Å². The largest absolute Gasteiger partial charge is 0.483 e. The molecule has 0 aromatic heterocycles. The number of rotatable bonds is 3. The minimum absolute atomic E-state index is 0.0174. The van der Waals surface area contributed by atoms with Crippen LogP contribution in [-0.2, 0) is 23.8 Å². The molecule has 0 N–H and O–H groups in total. The normalized spacial score (nSPS) is 19.8. The summed E-state index contributed by atoms with van der Waals surface area (Å²) in [5, 5.41) is 0. The van der Waals surface area contributed by atoms with Gasteiger partial charge in [0, 0.05) is 6.42 Å². The van der Waals surface area contributed by atoms with Crippen molar-refractivity contribution in [1.29, 1.82) is 0 Å². The van der Waals surface area contributed by atoms with Crippen molar-refractivity contribution in [3.8, 4) is 0 Å². The van der Waals surface area contributed by atoms with Crippen LogP contribution in [0.3, 0.4) is 0 Å². The van der Waals surface area contributed by atoms with Crippen LogP contribution < -0.4 is 0 Å². The van der Waals surface area contributed by atoms with Crippen LogP contribution in [0, 0.1) is 0 Å². The van der Waals surface area contributed by atoms with E-state index in [1.807, 2.05) is 6.92 Å². The summed E-state index contributed by atoms with van der Waals surface area (Å²) < 4.78 is 14.4. The third-order valence-electron chi connectivity index (χ3n) is 2.25. The number of hydrogen-bond acceptors (Lipinski definition) is 5. The molecule has 1 rings (SSSR count). The van der Waals surface area contributed by atoms with E-state index in [1.54, 1.807) is 0 Å². The third-order valence-corrected chi connectivity index (χ3v) is 2.25. The van der Waals surface area contributed by atoms with Crippen molar-refractivity contribution in [1.82, 2.24) is 0 Å². The molecule has 0 bridgehead atoms. The zero-order valence-electron chi connectivity index (χ0n) is 9.03. The quantitative estimate of drug-likeness (QED) is 0.650. The van der Waals surface area contributed by atoms with Crippen LogP contribution in [0.2, 0.25) is 0 Å². The fraction of sp³-hybridized carbons (Fsp3) is 0.600. The van der Waals surface area contributed by atoms with Crippen molar-refractivity contribution in [2.24, 2.45) is 0 Å². The van der Waals surface area contributed by atoms with E-state index in [4.69, 9.17) is 4.74 Å². The van der Waals surface area contributed by atoms with E-state index in [9.17, 15) is 9.59 Å². The first-order chi connectivity index (χ1) is 7.13. The highest BCUT2D eigenvalue weighted by atomic mass is 16.6. The van der Waals surface area contributed by atoms with Crippen molar-refractivity contribution in [2.45, 2.75) is 25.9 Å². The lowest BCUT2D eigenvalue weighted by molar-refractivity contribution is -0.142.